The first-order valence-electron chi connectivity index (χ1n) is 2.78. The molecule has 1 aliphatic heterocycles. The molecule has 0 aromatic carbocycles. The molecule has 0 aliphatic carbocycles. The van der Waals surface area contributed by atoms with Gasteiger partial charge in [-0.2, -0.15) is 11.8 Å². The summed E-state index contributed by atoms with van der Waals surface area (Å²) in [5, 5.41) is 1.20. The first kappa shape index (κ1) is 6.78. The Morgan fingerprint density at radius 2 is 2.38 bits per heavy atom. The maximum absolute atomic E-state index is 5.56. The standard InChI is InChI=1S/C5H11NS2/c1-4(6)8-5-2-7-3-5/h4-5H,2-3,6H2,1H3. The minimum atomic E-state index is 0.334. The summed E-state index contributed by atoms with van der Waals surface area (Å²) in [4.78, 5) is 0. The number of thioether (sulfide) groups is 2. The van der Waals surface area contributed by atoms with Crippen LogP contribution in [0.3, 0.4) is 0 Å². The summed E-state index contributed by atoms with van der Waals surface area (Å²) >= 11 is 3.91. The highest BCUT2D eigenvalue weighted by molar-refractivity contribution is 8.07. The van der Waals surface area contributed by atoms with E-state index < -0.39 is 0 Å². The van der Waals surface area contributed by atoms with Gasteiger partial charge in [0.1, 0.15) is 0 Å². The molecule has 0 aromatic heterocycles. The van der Waals surface area contributed by atoms with Gasteiger partial charge in [0.2, 0.25) is 0 Å². The van der Waals surface area contributed by atoms with E-state index in [-0.39, 0.29) is 0 Å². The van der Waals surface area contributed by atoms with Gasteiger partial charge in [-0.1, -0.05) is 0 Å². The molecule has 8 heavy (non-hydrogen) atoms. The van der Waals surface area contributed by atoms with Gasteiger partial charge in [-0.3, -0.25) is 0 Å². The van der Waals surface area contributed by atoms with E-state index in [9.17, 15) is 0 Å². The molecular formula is C5H11NS2. The van der Waals surface area contributed by atoms with E-state index in [4.69, 9.17) is 5.73 Å². The van der Waals surface area contributed by atoms with Gasteiger partial charge in [-0.25, -0.2) is 0 Å². The van der Waals surface area contributed by atoms with Crippen molar-refractivity contribution in [2.75, 3.05) is 11.5 Å². The highest BCUT2D eigenvalue weighted by atomic mass is 32.2. The Morgan fingerprint density at radius 3 is 2.50 bits per heavy atom. The van der Waals surface area contributed by atoms with Crippen LogP contribution in [-0.4, -0.2) is 22.1 Å². The molecular weight excluding hydrogens is 138 g/mol. The minimum Gasteiger partial charge on any atom is -0.320 e. The summed E-state index contributed by atoms with van der Waals surface area (Å²) < 4.78 is 0. The van der Waals surface area contributed by atoms with E-state index in [0.29, 0.717) is 5.37 Å². The lowest BCUT2D eigenvalue weighted by molar-refractivity contribution is 1.00. The fourth-order valence-electron chi connectivity index (χ4n) is 0.596. The topological polar surface area (TPSA) is 26.0 Å². The monoisotopic (exact) mass is 149 g/mol. The molecule has 0 saturated carbocycles. The van der Waals surface area contributed by atoms with Gasteiger partial charge in [0.05, 0.1) is 0 Å². The fourth-order valence-corrected chi connectivity index (χ4v) is 2.84. The molecule has 0 aromatic rings. The smallest absolute Gasteiger partial charge is 0.0481 e. The SMILES string of the molecule is CC(N)SC1CSC1. The summed E-state index contributed by atoms with van der Waals surface area (Å²) in [5.74, 6) is 2.62. The summed E-state index contributed by atoms with van der Waals surface area (Å²) in [6, 6.07) is 0. The summed E-state index contributed by atoms with van der Waals surface area (Å²) in [6.07, 6.45) is 0. The van der Waals surface area contributed by atoms with Gasteiger partial charge in [0.15, 0.2) is 0 Å². The molecule has 1 saturated heterocycles. The zero-order valence-electron chi connectivity index (χ0n) is 4.96. The van der Waals surface area contributed by atoms with E-state index in [1.54, 1.807) is 0 Å². The molecule has 0 spiro atoms. The first-order chi connectivity index (χ1) is 3.79. The van der Waals surface area contributed by atoms with Crippen LogP contribution in [0.4, 0.5) is 0 Å². The molecule has 1 fully saturated rings. The average Bonchev–Trinajstić information content (AvgIpc) is 1.55. The zero-order valence-corrected chi connectivity index (χ0v) is 6.60. The second-order valence-electron chi connectivity index (χ2n) is 2.00. The van der Waals surface area contributed by atoms with Crippen LogP contribution in [0.25, 0.3) is 0 Å². The highest BCUT2D eigenvalue weighted by Crippen LogP contribution is 2.30. The number of hydrogen-bond acceptors (Lipinski definition) is 3. The van der Waals surface area contributed by atoms with Crippen molar-refractivity contribution in [3.05, 3.63) is 0 Å². The van der Waals surface area contributed by atoms with E-state index >= 15 is 0 Å². The Morgan fingerprint density at radius 1 is 1.75 bits per heavy atom. The average molecular weight is 149 g/mol. The Labute approximate surface area is 58.8 Å². The Kier molecular flexibility index (Phi) is 2.53. The molecule has 1 unspecified atom stereocenters. The van der Waals surface area contributed by atoms with Gasteiger partial charge in [0, 0.05) is 22.1 Å². The van der Waals surface area contributed by atoms with Gasteiger partial charge in [-0.15, -0.1) is 11.8 Å². The van der Waals surface area contributed by atoms with Crippen molar-refractivity contribution in [2.45, 2.75) is 17.5 Å². The van der Waals surface area contributed by atoms with Crippen molar-refractivity contribution in [3.63, 3.8) is 0 Å². The van der Waals surface area contributed by atoms with Gasteiger partial charge < -0.3 is 5.73 Å². The first-order valence-corrected chi connectivity index (χ1v) is 4.87. The van der Waals surface area contributed by atoms with Crippen LogP contribution in [0.5, 0.6) is 0 Å². The third-order valence-electron chi connectivity index (χ3n) is 1.01. The van der Waals surface area contributed by atoms with E-state index in [1.807, 2.05) is 30.4 Å². The predicted molar refractivity (Wildman–Crippen MR) is 42.4 cm³/mol. The van der Waals surface area contributed by atoms with Gasteiger partial charge in [-0.05, 0) is 6.92 Å². The number of nitrogens with two attached hydrogens (primary N) is 1. The molecule has 0 amide bonds. The third kappa shape index (κ3) is 1.88. The maximum atomic E-state index is 5.56. The Balaban J connectivity index is 2.01. The molecule has 48 valence electrons. The fraction of sp³-hybridized carbons (Fsp3) is 1.00. The molecule has 3 heteroatoms. The van der Waals surface area contributed by atoms with Crippen LogP contribution in [0, 0.1) is 0 Å². The predicted octanol–water partition coefficient (Wildman–Crippen LogP) is 1.14. The second-order valence-corrected chi connectivity index (χ2v) is 4.76. The van der Waals surface area contributed by atoms with Crippen LogP contribution < -0.4 is 5.73 Å². The Bertz CT molecular complexity index is 70.8. The quantitative estimate of drug-likeness (QED) is 0.596. The molecule has 1 atom stereocenters. The van der Waals surface area contributed by atoms with Crippen molar-refractivity contribution in [3.8, 4) is 0 Å². The van der Waals surface area contributed by atoms with Gasteiger partial charge in [0.25, 0.3) is 0 Å². The Hall–Kier alpha value is 0.660. The van der Waals surface area contributed by atoms with Crippen LogP contribution >= 0.6 is 23.5 Å². The molecule has 1 rings (SSSR count). The lowest BCUT2D eigenvalue weighted by Gasteiger charge is -2.25. The van der Waals surface area contributed by atoms with E-state index in [0.717, 1.165) is 5.25 Å². The lowest BCUT2D eigenvalue weighted by atomic mass is 10.5. The van der Waals surface area contributed by atoms with E-state index in [2.05, 4.69) is 0 Å². The van der Waals surface area contributed by atoms with Crippen LogP contribution in [-0.2, 0) is 0 Å². The molecule has 0 radical (unpaired) electrons. The normalized spacial score (nSPS) is 24.8. The molecule has 1 aliphatic rings. The number of hydrogen-bond donors (Lipinski definition) is 1. The number of rotatable bonds is 2. The highest BCUT2D eigenvalue weighted by Gasteiger charge is 2.19. The van der Waals surface area contributed by atoms with Crippen molar-refractivity contribution in [1.82, 2.24) is 0 Å². The largest absolute Gasteiger partial charge is 0.320 e. The van der Waals surface area contributed by atoms with Crippen LogP contribution in [0.1, 0.15) is 6.92 Å². The van der Waals surface area contributed by atoms with Crippen LogP contribution in [0.15, 0.2) is 0 Å². The molecule has 2 N–H and O–H groups in total. The zero-order chi connectivity index (χ0) is 5.98. The molecule has 1 nitrogen and oxygen atoms in total. The summed E-state index contributed by atoms with van der Waals surface area (Å²) in [7, 11) is 0. The van der Waals surface area contributed by atoms with E-state index in [1.165, 1.54) is 11.5 Å². The third-order valence-corrected chi connectivity index (χ3v) is 3.86. The second kappa shape index (κ2) is 2.99. The minimum absolute atomic E-state index is 0.334. The molecule has 1 heterocycles. The van der Waals surface area contributed by atoms with Crippen molar-refractivity contribution >= 4 is 23.5 Å². The van der Waals surface area contributed by atoms with Crippen LogP contribution in [0.2, 0.25) is 0 Å². The maximum Gasteiger partial charge on any atom is 0.0481 e. The molecule has 0 bridgehead atoms. The van der Waals surface area contributed by atoms with Crippen molar-refractivity contribution in [1.29, 1.82) is 0 Å². The van der Waals surface area contributed by atoms with Crippen molar-refractivity contribution in [2.24, 2.45) is 5.73 Å². The lowest BCUT2D eigenvalue weighted by Crippen LogP contribution is -2.26. The van der Waals surface area contributed by atoms with Gasteiger partial charge >= 0.3 is 0 Å². The van der Waals surface area contributed by atoms with Crippen molar-refractivity contribution < 1.29 is 0 Å². The summed E-state index contributed by atoms with van der Waals surface area (Å²) in [6.45, 7) is 2.05. The summed E-state index contributed by atoms with van der Waals surface area (Å²) in [5.41, 5.74) is 5.56.